The first kappa shape index (κ1) is 14.4. The Morgan fingerprint density at radius 1 is 1.42 bits per heavy atom. The summed E-state index contributed by atoms with van der Waals surface area (Å²) in [5.41, 5.74) is 1.51. The van der Waals surface area contributed by atoms with Crippen LogP contribution in [-0.2, 0) is 22.1 Å². The van der Waals surface area contributed by atoms with E-state index >= 15 is 0 Å². The van der Waals surface area contributed by atoms with Crippen molar-refractivity contribution in [2.24, 2.45) is 0 Å². The van der Waals surface area contributed by atoms with Crippen LogP contribution >= 0.6 is 22.3 Å². The molecule has 2 heterocycles. The Hall–Kier alpha value is -1.05. The molecule has 6 nitrogen and oxygen atoms in total. The molecule has 0 aliphatic rings. The number of aromatic nitrogens is 4. The molecule has 0 N–H and O–H groups in total. The van der Waals surface area contributed by atoms with Gasteiger partial charge in [0.25, 0.3) is 9.05 Å². The molecule has 104 valence electrons. The molecule has 0 saturated carbocycles. The standard InChI is InChI=1S/C10H12Cl2N4O2S/c1-3-16-9(10(11)7(2)14-16)6-15-5-8(4-13-15)19(12,17)18/h4-5H,3,6H2,1-2H3. The van der Waals surface area contributed by atoms with Crippen LogP contribution in [0.4, 0.5) is 0 Å². The van der Waals surface area contributed by atoms with Crippen molar-refractivity contribution in [1.82, 2.24) is 19.6 Å². The molecule has 0 aliphatic heterocycles. The van der Waals surface area contributed by atoms with Crippen molar-refractivity contribution in [3.63, 3.8) is 0 Å². The van der Waals surface area contributed by atoms with Gasteiger partial charge in [-0.15, -0.1) is 0 Å². The molecule has 0 spiro atoms. The normalized spacial score (nSPS) is 12.0. The first-order chi connectivity index (χ1) is 8.82. The summed E-state index contributed by atoms with van der Waals surface area (Å²) in [6, 6.07) is 0. The number of halogens is 2. The second-order valence-corrected chi connectivity index (χ2v) is 6.92. The van der Waals surface area contributed by atoms with E-state index in [1.165, 1.54) is 17.1 Å². The fourth-order valence-electron chi connectivity index (χ4n) is 1.73. The largest absolute Gasteiger partial charge is 0.266 e. The molecule has 0 unspecified atom stereocenters. The van der Waals surface area contributed by atoms with E-state index in [9.17, 15) is 8.42 Å². The van der Waals surface area contributed by atoms with Gasteiger partial charge in [-0.05, 0) is 13.8 Å². The van der Waals surface area contributed by atoms with Crippen LogP contribution in [0.1, 0.15) is 18.3 Å². The van der Waals surface area contributed by atoms with Gasteiger partial charge in [-0.1, -0.05) is 11.6 Å². The van der Waals surface area contributed by atoms with Crippen LogP contribution in [0.15, 0.2) is 17.3 Å². The number of nitrogens with zero attached hydrogens (tertiary/aromatic N) is 4. The summed E-state index contributed by atoms with van der Waals surface area (Å²) in [5.74, 6) is 0. The fourth-order valence-corrected chi connectivity index (χ4v) is 2.59. The Morgan fingerprint density at radius 3 is 2.63 bits per heavy atom. The molecule has 0 atom stereocenters. The molecule has 0 fully saturated rings. The first-order valence-corrected chi connectivity index (χ1v) is 8.20. The minimum atomic E-state index is -3.76. The Labute approximate surface area is 120 Å². The maximum absolute atomic E-state index is 11.2. The summed E-state index contributed by atoms with van der Waals surface area (Å²) in [6.45, 7) is 4.77. The van der Waals surface area contributed by atoms with Crippen molar-refractivity contribution < 1.29 is 8.42 Å². The third-order valence-electron chi connectivity index (χ3n) is 2.66. The average molecular weight is 323 g/mol. The van der Waals surface area contributed by atoms with Crippen LogP contribution in [0.2, 0.25) is 5.02 Å². The molecule has 2 aromatic rings. The maximum atomic E-state index is 11.2. The van der Waals surface area contributed by atoms with E-state index in [0.29, 0.717) is 18.1 Å². The van der Waals surface area contributed by atoms with Crippen LogP contribution in [0, 0.1) is 6.92 Å². The van der Waals surface area contributed by atoms with Crippen LogP contribution in [0.3, 0.4) is 0 Å². The van der Waals surface area contributed by atoms with Crippen LogP contribution in [-0.4, -0.2) is 28.0 Å². The SMILES string of the molecule is CCn1nc(C)c(Cl)c1Cn1cc(S(=O)(=O)Cl)cn1. The summed E-state index contributed by atoms with van der Waals surface area (Å²) in [6.07, 6.45) is 2.57. The van der Waals surface area contributed by atoms with Crippen LogP contribution in [0.25, 0.3) is 0 Å². The summed E-state index contributed by atoms with van der Waals surface area (Å²) < 4.78 is 25.5. The van der Waals surface area contributed by atoms with Crippen molar-refractivity contribution in [2.75, 3.05) is 0 Å². The average Bonchev–Trinajstić information content (AvgIpc) is 2.89. The van der Waals surface area contributed by atoms with Gasteiger partial charge in [-0.2, -0.15) is 10.2 Å². The topological polar surface area (TPSA) is 69.8 Å². The lowest BCUT2D eigenvalue weighted by Gasteiger charge is -2.05. The molecule has 0 bridgehead atoms. The summed E-state index contributed by atoms with van der Waals surface area (Å²) in [5, 5.41) is 8.80. The van der Waals surface area contributed by atoms with Gasteiger partial charge in [0, 0.05) is 23.4 Å². The highest BCUT2D eigenvalue weighted by Gasteiger charge is 2.16. The van der Waals surface area contributed by atoms with Gasteiger partial charge in [-0.3, -0.25) is 9.36 Å². The number of hydrogen-bond acceptors (Lipinski definition) is 4. The van der Waals surface area contributed by atoms with Crippen molar-refractivity contribution in [1.29, 1.82) is 0 Å². The molecule has 9 heteroatoms. The molecule has 0 radical (unpaired) electrons. The Bertz CT molecular complexity index is 705. The highest BCUT2D eigenvalue weighted by atomic mass is 35.7. The van der Waals surface area contributed by atoms with E-state index in [0.717, 1.165) is 11.4 Å². The molecule has 2 rings (SSSR count). The van der Waals surface area contributed by atoms with Gasteiger partial charge >= 0.3 is 0 Å². The smallest absolute Gasteiger partial charge is 0.264 e. The quantitative estimate of drug-likeness (QED) is 0.808. The third kappa shape index (κ3) is 2.93. The third-order valence-corrected chi connectivity index (χ3v) is 4.46. The lowest BCUT2D eigenvalue weighted by atomic mass is 10.3. The molecule has 0 aromatic carbocycles. The highest BCUT2D eigenvalue weighted by molar-refractivity contribution is 8.13. The Kier molecular flexibility index (Phi) is 3.89. The molecular weight excluding hydrogens is 311 g/mol. The zero-order chi connectivity index (χ0) is 14.2. The predicted octanol–water partition coefficient (Wildman–Crippen LogP) is 2.04. The van der Waals surface area contributed by atoms with Gasteiger partial charge < -0.3 is 0 Å². The zero-order valence-corrected chi connectivity index (χ0v) is 12.7. The monoisotopic (exact) mass is 322 g/mol. The van der Waals surface area contributed by atoms with E-state index in [1.807, 2.05) is 13.8 Å². The fraction of sp³-hybridized carbons (Fsp3) is 0.400. The van der Waals surface area contributed by atoms with Crippen LogP contribution in [0.5, 0.6) is 0 Å². The van der Waals surface area contributed by atoms with E-state index in [-0.39, 0.29) is 4.90 Å². The van der Waals surface area contributed by atoms with Gasteiger partial charge in [-0.25, -0.2) is 8.42 Å². The van der Waals surface area contributed by atoms with E-state index in [4.69, 9.17) is 22.3 Å². The molecule has 0 aliphatic carbocycles. The lowest BCUT2D eigenvalue weighted by Crippen LogP contribution is -2.08. The summed E-state index contributed by atoms with van der Waals surface area (Å²) in [7, 11) is 1.48. The molecule has 2 aromatic heterocycles. The highest BCUT2D eigenvalue weighted by Crippen LogP contribution is 2.22. The van der Waals surface area contributed by atoms with Gasteiger partial charge in [0.1, 0.15) is 4.90 Å². The molecule has 0 amide bonds. The molecule has 19 heavy (non-hydrogen) atoms. The first-order valence-electron chi connectivity index (χ1n) is 5.51. The second kappa shape index (κ2) is 5.15. The van der Waals surface area contributed by atoms with Crippen molar-refractivity contribution in [3.05, 3.63) is 28.8 Å². The Morgan fingerprint density at radius 2 is 2.11 bits per heavy atom. The van der Waals surface area contributed by atoms with Crippen molar-refractivity contribution in [2.45, 2.75) is 31.8 Å². The van der Waals surface area contributed by atoms with Crippen molar-refractivity contribution in [3.8, 4) is 0 Å². The van der Waals surface area contributed by atoms with Gasteiger partial charge in [0.05, 0.1) is 29.2 Å². The molecule has 0 saturated heterocycles. The number of rotatable bonds is 4. The zero-order valence-electron chi connectivity index (χ0n) is 10.3. The van der Waals surface area contributed by atoms with E-state index < -0.39 is 9.05 Å². The minimum Gasteiger partial charge on any atom is -0.266 e. The van der Waals surface area contributed by atoms with Crippen LogP contribution < -0.4 is 0 Å². The summed E-state index contributed by atoms with van der Waals surface area (Å²) in [4.78, 5) is -0.0374. The summed E-state index contributed by atoms with van der Waals surface area (Å²) >= 11 is 6.17. The van der Waals surface area contributed by atoms with Gasteiger partial charge in [0.2, 0.25) is 0 Å². The number of hydrogen-bond donors (Lipinski definition) is 0. The van der Waals surface area contributed by atoms with Crippen molar-refractivity contribution >= 4 is 31.3 Å². The molecular formula is C10H12Cl2N4O2S. The minimum absolute atomic E-state index is 0.0374. The lowest BCUT2D eigenvalue weighted by molar-refractivity contribution is 0.574. The van der Waals surface area contributed by atoms with E-state index in [2.05, 4.69) is 10.2 Å². The maximum Gasteiger partial charge on any atom is 0.264 e. The second-order valence-electron chi connectivity index (χ2n) is 3.97. The van der Waals surface area contributed by atoms with Gasteiger partial charge in [0.15, 0.2) is 0 Å². The Balaban J connectivity index is 2.34. The van der Waals surface area contributed by atoms with E-state index in [1.54, 1.807) is 4.68 Å². The number of aryl methyl sites for hydroxylation is 2. The predicted molar refractivity (Wildman–Crippen MR) is 72.0 cm³/mol.